The molecule has 0 amide bonds. The lowest BCUT2D eigenvalue weighted by Crippen LogP contribution is -2.50. The van der Waals surface area contributed by atoms with Crippen molar-refractivity contribution >= 4 is 11.6 Å². The van der Waals surface area contributed by atoms with Crippen molar-refractivity contribution in [3.63, 3.8) is 0 Å². The van der Waals surface area contributed by atoms with Crippen LogP contribution in [0.2, 0.25) is 5.02 Å². The number of benzene rings is 2. The van der Waals surface area contributed by atoms with Gasteiger partial charge in [-0.2, -0.15) is 0 Å². The van der Waals surface area contributed by atoms with Gasteiger partial charge in [-0.05, 0) is 62.6 Å². The van der Waals surface area contributed by atoms with E-state index in [0.717, 1.165) is 24.0 Å². The lowest BCUT2D eigenvalue weighted by atomic mass is 10.0. The highest BCUT2D eigenvalue weighted by Gasteiger charge is 2.30. The summed E-state index contributed by atoms with van der Waals surface area (Å²) in [5.74, 6) is 1.24. The highest BCUT2D eigenvalue weighted by molar-refractivity contribution is 6.32. The van der Waals surface area contributed by atoms with Crippen molar-refractivity contribution in [2.24, 2.45) is 0 Å². The highest BCUT2D eigenvalue weighted by Crippen LogP contribution is 2.41. The molecule has 0 fully saturated rings. The smallest absolute Gasteiger partial charge is 0.142 e. The van der Waals surface area contributed by atoms with E-state index in [1.807, 2.05) is 31.0 Å². The number of aromatic nitrogens is 1. The number of rotatable bonds is 11. The molecule has 2 N–H and O–H groups in total. The Kier molecular flexibility index (Phi) is 8.60. The van der Waals surface area contributed by atoms with Crippen LogP contribution in [0.3, 0.4) is 0 Å². The van der Waals surface area contributed by atoms with Gasteiger partial charge in [0.25, 0.3) is 0 Å². The molecule has 1 heterocycles. The Labute approximate surface area is 223 Å². The Morgan fingerprint density at radius 2 is 2.00 bits per heavy atom. The Morgan fingerprint density at radius 3 is 2.73 bits per heavy atom. The number of methoxy groups -OCH3 is 1. The molecule has 0 unspecified atom stereocenters. The molecule has 7 nitrogen and oxygen atoms in total. The van der Waals surface area contributed by atoms with Gasteiger partial charge in [0.2, 0.25) is 0 Å². The summed E-state index contributed by atoms with van der Waals surface area (Å²) in [5.41, 5.74) is 4.80. The normalized spacial score (nSPS) is 16.5. The maximum absolute atomic E-state index is 10.0. The third-order valence-electron chi connectivity index (χ3n) is 7.13. The number of aromatic hydroxyl groups is 1. The van der Waals surface area contributed by atoms with Crippen molar-refractivity contribution < 1.29 is 24.4 Å². The van der Waals surface area contributed by atoms with E-state index in [1.54, 1.807) is 19.4 Å². The van der Waals surface area contributed by atoms with Crippen molar-refractivity contribution in [2.45, 2.75) is 51.5 Å². The van der Waals surface area contributed by atoms with Gasteiger partial charge in [0.1, 0.15) is 30.0 Å². The molecule has 2 aromatic carbocycles. The lowest BCUT2D eigenvalue weighted by Gasteiger charge is -2.37. The minimum absolute atomic E-state index is 0.0715. The molecule has 8 heteroatoms. The number of fused-ring (bicyclic) bond motifs is 1. The van der Waals surface area contributed by atoms with Crippen LogP contribution in [0.15, 0.2) is 48.8 Å². The number of ether oxygens (including phenoxy) is 3. The third kappa shape index (κ3) is 6.18. The lowest BCUT2D eigenvalue weighted by molar-refractivity contribution is -0.00631. The number of aryl methyl sites for hydroxylation is 1. The van der Waals surface area contributed by atoms with Crippen molar-refractivity contribution in [3.05, 3.63) is 81.6 Å². The second kappa shape index (κ2) is 11.7. The van der Waals surface area contributed by atoms with Gasteiger partial charge in [0.15, 0.2) is 0 Å². The van der Waals surface area contributed by atoms with Crippen LogP contribution < -0.4 is 9.47 Å². The molecule has 37 heavy (non-hydrogen) atoms. The summed E-state index contributed by atoms with van der Waals surface area (Å²) in [4.78, 5) is 6.05. The maximum atomic E-state index is 10.0. The summed E-state index contributed by atoms with van der Waals surface area (Å²) >= 11 is 6.75. The second-order valence-corrected chi connectivity index (χ2v) is 10.4. The molecule has 0 saturated carbocycles. The predicted octanol–water partition coefficient (Wildman–Crippen LogP) is 5.22. The number of likely N-dealkylation sites (N-methyl/N-ethyl adjacent to an activating group) is 1. The second-order valence-electron chi connectivity index (χ2n) is 9.96. The summed E-state index contributed by atoms with van der Waals surface area (Å²) in [5, 5.41) is 20.3. The zero-order chi connectivity index (χ0) is 26.6. The van der Waals surface area contributed by atoms with E-state index in [4.69, 9.17) is 25.8 Å². The number of aliphatic hydroxyl groups is 1. The van der Waals surface area contributed by atoms with Crippen molar-refractivity contribution in [1.29, 1.82) is 0 Å². The molecule has 0 saturated heterocycles. The first-order valence-corrected chi connectivity index (χ1v) is 12.8. The maximum Gasteiger partial charge on any atom is 0.142 e. The van der Waals surface area contributed by atoms with E-state index in [1.165, 1.54) is 22.9 Å². The summed E-state index contributed by atoms with van der Waals surface area (Å²) < 4.78 is 18.0. The summed E-state index contributed by atoms with van der Waals surface area (Å²) in [6.07, 6.45) is 4.81. The van der Waals surface area contributed by atoms with Crippen LogP contribution in [0.5, 0.6) is 17.2 Å². The Morgan fingerprint density at radius 1 is 1.19 bits per heavy atom. The zero-order valence-electron chi connectivity index (χ0n) is 21.8. The minimum atomic E-state index is -0.589. The van der Waals surface area contributed by atoms with Gasteiger partial charge in [0, 0.05) is 37.0 Å². The molecule has 0 bridgehead atoms. The molecule has 0 aliphatic heterocycles. The van der Waals surface area contributed by atoms with Gasteiger partial charge in [-0.1, -0.05) is 29.8 Å². The predicted molar refractivity (Wildman–Crippen MR) is 143 cm³/mol. The molecule has 0 radical (unpaired) electrons. The van der Waals surface area contributed by atoms with Gasteiger partial charge >= 0.3 is 0 Å². The molecule has 1 aliphatic rings. The number of halogens is 1. The minimum Gasteiger partial charge on any atom is -0.506 e. The summed E-state index contributed by atoms with van der Waals surface area (Å²) in [7, 11) is 3.54. The average Bonchev–Trinajstić information content (AvgIpc) is 3.29. The van der Waals surface area contributed by atoms with Gasteiger partial charge in [-0.3, -0.25) is 9.88 Å². The summed E-state index contributed by atoms with van der Waals surface area (Å²) in [6.45, 7) is 5.03. The fraction of sp³-hybridized carbons (Fsp3) is 0.414. The van der Waals surface area contributed by atoms with Crippen molar-refractivity contribution in [3.8, 4) is 17.2 Å². The molecule has 4 rings (SSSR count). The van der Waals surface area contributed by atoms with Gasteiger partial charge in [-0.25, -0.2) is 0 Å². The van der Waals surface area contributed by atoms with Crippen LogP contribution in [0.4, 0.5) is 0 Å². The quantitative estimate of drug-likeness (QED) is 0.354. The zero-order valence-corrected chi connectivity index (χ0v) is 22.6. The van der Waals surface area contributed by atoms with Crippen LogP contribution >= 0.6 is 11.6 Å². The van der Waals surface area contributed by atoms with Gasteiger partial charge in [-0.15, -0.1) is 0 Å². The molecule has 0 spiro atoms. The van der Waals surface area contributed by atoms with E-state index in [9.17, 15) is 10.2 Å². The number of hydrogen-bond donors (Lipinski definition) is 2. The molecular weight excluding hydrogens is 492 g/mol. The van der Waals surface area contributed by atoms with Gasteiger partial charge < -0.3 is 24.4 Å². The highest BCUT2D eigenvalue weighted by atomic mass is 35.5. The van der Waals surface area contributed by atoms with Crippen LogP contribution in [-0.2, 0) is 24.3 Å². The monoisotopic (exact) mass is 526 g/mol. The Bertz CT molecular complexity index is 1240. The Balaban J connectivity index is 1.63. The van der Waals surface area contributed by atoms with Crippen LogP contribution in [0.25, 0.3) is 0 Å². The first-order valence-electron chi connectivity index (χ1n) is 12.4. The topological polar surface area (TPSA) is 84.3 Å². The SMILES string of the molecule is COC[C@](C)(CO)N(C)Cc1cc(Cl)c(O[C@H]2CCc3c(C)cccc32)cc1OCc1cncc(O)c1. The fourth-order valence-corrected chi connectivity index (χ4v) is 4.98. The standard InChI is InChI=1S/C29H35ClN2O5/c1-19-6-5-7-24-23(19)8-9-26(24)37-28-12-27(36-16-20-10-22(34)14-31-13-20)21(11-25(28)30)15-32(3)29(2,17-33)18-35-4/h5-7,10-14,26,33-34H,8-9,15-18H2,1-4H3/t26-,29-/m0/s1. The Hall–Kier alpha value is -2.84. The molecule has 198 valence electrons. The van der Waals surface area contributed by atoms with Crippen LogP contribution in [-0.4, -0.2) is 53.0 Å². The molecule has 3 aromatic rings. The van der Waals surface area contributed by atoms with Crippen molar-refractivity contribution in [1.82, 2.24) is 9.88 Å². The van der Waals surface area contributed by atoms with E-state index in [2.05, 4.69) is 30.1 Å². The van der Waals surface area contributed by atoms with E-state index < -0.39 is 5.54 Å². The van der Waals surface area contributed by atoms with Gasteiger partial charge in [0.05, 0.1) is 30.0 Å². The van der Waals surface area contributed by atoms with Crippen LogP contribution in [0, 0.1) is 6.92 Å². The van der Waals surface area contributed by atoms with E-state index in [-0.39, 0.29) is 25.1 Å². The number of nitrogens with zero attached hydrogens (tertiary/aromatic N) is 2. The van der Waals surface area contributed by atoms with E-state index >= 15 is 0 Å². The molecule has 1 aliphatic carbocycles. The third-order valence-corrected chi connectivity index (χ3v) is 7.43. The molecular formula is C29H35ClN2O5. The molecule has 2 atom stereocenters. The van der Waals surface area contributed by atoms with Crippen molar-refractivity contribution in [2.75, 3.05) is 27.4 Å². The fourth-order valence-electron chi connectivity index (χ4n) is 4.75. The largest absolute Gasteiger partial charge is 0.506 e. The number of pyridine rings is 1. The number of aliphatic hydroxyl groups excluding tert-OH is 1. The number of hydrogen-bond acceptors (Lipinski definition) is 7. The van der Waals surface area contributed by atoms with Crippen LogP contribution in [0.1, 0.15) is 47.3 Å². The first-order chi connectivity index (χ1) is 17.7. The summed E-state index contributed by atoms with van der Waals surface area (Å²) in [6, 6.07) is 11.6. The molecule has 1 aromatic heterocycles. The first kappa shape index (κ1) is 27.2. The van der Waals surface area contributed by atoms with E-state index in [0.29, 0.717) is 29.7 Å². The average molecular weight is 527 g/mol.